The highest BCUT2D eigenvalue weighted by atomic mass is 79.9. The lowest BCUT2D eigenvalue weighted by atomic mass is 10.2. The molecule has 168 valence electrons. The Labute approximate surface area is 210 Å². The minimum atomic E-state index is -0.835. The molecule has 10 nitrogen and oxygen atoms in total. The number of halogens is 3. The third kappa shape index (κ3) is 5.80. The zero-order chi connectivity index (χ0) is 24.3. The Bertz CT molecular complexity index is 1310. The summed E-state index contributed by atoms with van der Waals surface area (Å²) in [6, 6.07) is 11.7. The fraction of sp³-hybridized carbons (Fsp3) is 0. The molecule has 3 rings (SSSR count). The number of benzene rings is 3. The number of nitrogens with zero attached hydrogens (tertiary/aromatic N) is 2. The molecule has 0 heterocycles. The van der Waals surface area contributed by atoms with E-state index in [0.717, 1.165) is 12.1 Å². The van der Waals surface area contributed by atoms with Gasteiger partial charge in [0.1, 0.15) is 11.5 Å². The minimum absolute atomic E-state index is 0.0339. The van der Waals surface area contributed by atoms with Crippen LogP contribution in [0.25, 0.3) is 0 Å². The summed E-state index contributed by atoms with van der Waals surface area (Å²) >= 11 is 9.28. The highest BCUT2D eigenvalue weighted by Gasteiger charge is 2.20. The summed E-state index contributed by atoms with van der Waals surface area (Å²) in [6.45, 7) is 0. The van der Waals surface area contributed by atoms with Crippen LogP contribution in [0, 0.1) is 20.2 Å². The molecule has 0 aliphatic carbocycles. The maximum atomic E-state index is 12.4. The van der Waals surface area contributed by atoms with Crippen LogP contribution in [0.3, 0.4) is 0 Å². The van der Waals surface area contributed by atoms with E-state index in [4.69, 9.17) is 9.47 Å². The lowest BCUT2D eigenvalue weighted by Crippen LogP contribution is -2.10. The van der Waals surface area contributed by atoms with Crippen molar-refractivity contribution in [2.45, 2.75) is 0 Å². The fourth-order valence-corrected chi connectivity index (χ4v) is 3.73. The molecule has 0 amide bonds. The summed E-state index contributed by atoms with van der Waals surface area (Å²) in [5.74, 6) is -1.51. The summed E-state index contributed by atoms with van der Waals surface area (Å²) in [5.41, 5.74) is -0.655. The van der Waals surface area contributed by atoms with Gasteiger partial charge >= 0.3 is 11.9 Å². The van der Waals surface area contributed by atoms with Crippen molar-refractivity contribution in [3.63, 3.8) is 0 Å². The van der Waals surface area contributed by atoms with Gasteiger partial charge in [0, 0.05) is 12.1 Å². The summed E-state index contributed by atoms with van der Waals surface area (Å²) < 4.78 is 11.2. The Morgan fingerprint density at radius 1 is 0.667 bits per heavy atom. The Kier molecular flexibility index (Phi) is 7.56. The number of hydrogen-bond donors (Lipinski definition) is 0. The maximum Gasteiger partial charge on any atom is 0.343 e. The third-order valence-electron chi connectivity index (χ3n) is 4.07. The summed E-state index contributed by atoms with van der Waals surface area (Å²) in [7, 11) is 0. The zero-order valence-electron chi connectivity index (χ0n) is 16.0. The molecule has 33 heavy (non-hydrogen) atoms. The van der Waals surface area contributed by atoms with Gasteiger partial charge in [0.2, 0.25) is 0 Å². The van der Waals surface area contributed by atoms with Crippen LogP contribution in [-0.2, 0) is 0 Å². The van der Waals surface area contributed by atoms with Crippen molar-refractivity contribution in [2.75, 3.05) is 0 Å². The number of rotatable bonds is 6. The first-order valence-corrected chi connectivity index (χ1v) is 11.1. The second-order valence-corrected chi connectivity index (χ2v) is 8.78. The van der Waals surface area contributed by atoms with E-state index in [-0.39, 0.29) is 47.4 Å². The molecule has 3 aromatic carbocycles. The van der Waals surface area contributed by atoms with E-state index in [0.29, 0.717) is 0 Å². The van der Waals surface area contributed by atoms with Crippen molar-refractivity contribution < 1.29 is 28.9 Å². The van der Waals surface area contributed by atoms with Crippen LogP contribution < -0.4 is 9.47 Å². The Morgan fingerprint density at radius 2 is 1.15 bits per heavy atom. The molecule has 0 spiro atoms. The number of esters is 2. The molecule has 3 aromatic rings. The average Bonchev–Trinajstić information content (AvgIpc) is 2.75. The Balaban J connectivity index is 1.75. The first-order chi connectivity index (χ1) is 15.6. The van der Waals surface area contributed by atoms with Gasteiger partial charge in [-0.1, -0.05) is 0 Å². The van der Waals surface area contributed by atoms with Crippen molar-refractivity contribution in [2.24, 2.45) is 0 Å². The minimum Gasteiger partial charge on any atom is -0.423 e. The van der Waals surface area contributed by atoms with Crippen molar-refractivity contribution in [3.8, 4) is 11.5 Å². The number of hydrogen-bond acceptors (Lipinski definition) is 8. The Morgan fingerprint density at radius 3 is 1.61 bits per heavy atom. The summed E-state index contributed by atoms with van der Waals surface area (Å²) in [5, 5.41) is 22.1. The van der Waals surface area contributed by atoms with Crippen LogP contribution in [0.15, 0.2) is 68.0 Å². The highest BCUT2D eigenvalue weighted by Crippen LogP contribution is 2.32. The second-order valence-electron chi connectivity index (χ2n) is 6.22. The molecular weight excluding hydrogens is 636 g/mol. The predicted molar refractivity (Wildman–Crippen MR) is 126 cm³/mol. The first-order valence-electron chi connectivity index (χ1n) is 8.68. The average molecular weight is 645 g/mol. The number of carbonyl (C=O) groups excluding carboxylic acids is 2. The molecule has 0 aromatic heterocycles. The zero-order valence-corrected chi connectivity index (χ0v) is 20.7. The predicted octanol–water partition coefficient (Wildman–Crippen LogP) is 6.23. The quantitative estimate of drug-likeness (QED) is 0.133. The van der Waals surface area contributed by atoms with Gasteiger partial charge < -0.3 is 9.47 Å². The SMILES string of the molecule is O=C(Oc1ccc(OC(=O)c2ccc(Br)c([N+](=O)[O-])c2)c(Br)c1)c1ccc(Br)c([N+](=O)[O-])c1. The van der Waals surface area contributed by atoms with Crippen LogP contribution in [0.4, 0.5) is 11.4 Å². The van der Waals surface area contributed by atoms with Gasteiger partial charge in [-0.15, -0.1) is 0 Å². The van der Waals surface area contributed by atoms with Crippen LogP contribution in [0.5, 0.6) is 11.5 Å². The van der Waals surface area contributed by atoms with E-state index >= 15 is 0 Å². The Hall–Kier alpha value is -3.16. The molecule has 0 saturated heterocycles. The van der Waals surface area contributed by atoms with Gasteiger partial charge in [-0.3, -0.25) is 20.2 Å². The molecule has 0 atom stereocenters. The monoisotopic (exact) mass is 642 g/mol. The molecular formula is C20H9Br3N2O8. The standard InChI is InChI=1S/C20H9Br3N2O8/c21-13-4-1-10(7-16(13)24(28)29)19(26)32-12-3-6-18(15(23)9-12)33-20(27)11-2-5-14(22)17(8-11)25(30)31/h1-9H. The van der Waals surface area contributed by atoms with E-state index in [1.807, 2.05) is 0 Å². The molecule has 0 fully saturated rings. The lowest BCUT2D eigenvalue weighted by molar-refractivity contribution is -0.385. The molecule has 0 aliphatic rings. The maximum absolute atomic E-state index is 12.4. The largest absolute Gasteiger partial charge is 0.423 e. The van der Waals surface area contributed by atoms with E-state index < -0.39 is 21.8 Å². The van der Waals surface area contributed by atoms with Gasteiger partial charge in [-0.25, -0.2) is 9.59 Å². The summed E-state index contributed by atoms with van der Waals surface area (Å²) in [6.07, 6.45) is 0. The highest BCUT2D eigenvalue weighted by molar-refractivity contribution is 9.11. The first kappa shape index (κ1) is 24.5. The number of nitro groups is 2. The molecule has 0 aliphatic heterocycles. The molecule has 0 unspecified atom stereocenters. The molecule has 0 saturated carbocycles. The van der Waals surface area contributed by atoms with Crippen molar-refractivity contribution in [3.05, 3.63) is 99.4 Å². The molecule has 0 N–H and O–H groups in total. The van der Waals surface area contributed by atoms with Crippen molar-refractivity contribution >= 4 is 71.1 Å². The van der Waals surface area contributed by atoms with Gasteiger partial charge in [-0.2, -0.15) is 0 Å². The summed E-state index contributed by atoms with van der Waals surface area (Å²) in [4.78, 5) is 45.5. The smallest absolute Gasteiger partial charge is 0.343 e. The van der Waals surface area contributed by atoms with Crippen LogP contribution >= 0.6 is 47.8 Å². The van der Waals surface area contributed by atoms with E-state index in [1.165, 1.54) is 42.5 Å². The van der Waals surface area contributed by atoms with Gasteiger partial charge in [0.05, 0.1) is 34.4 Å². The fourth-order valence-electron chi connectivity index (χ4n) is 2.51. The molecule has 0 bridgehead atoms. The number of nitro benzene ring substituents is 2. The van der Waals surface area contributed by atoms with Crippen molar-refractivity contribution in [1.29, 1.82) is 0 Å². The lowest BCUT2D eigenvalue weighted by Gasteiger charge is -2.09. The van der Waals surface area contributed by atoms with Gasteiger partial charge in [0.25, 0.3) is 11.4 Å². The van der Waals surface area contributed by atoms with E-state index in [1.54, 1.807) is 0 Å². The normalized spacial score (nSPS) is 10.4. The van der Waals surface area contributed by atoms with Crippen molar-refractivity contribution in [1.82, 2.24) is 0 Å². The second kappa shape index (κ2) is 10.2. The number of carbonyl (C=O) groups is 2. The topological polar surface area (TPSA) is 139 Å². The van der Waals surface area contributed by atoms with Gasteiger partial charge in [0.15, 0.2) is 0 Å². The van der Waals surface area contributed by atoms with Gasteiger partial charge in [-0.05, 0) is 90.3 Å². The van der Waals surface area contributed by atoms with E-state index in [9.17, 15) is 29.8 Å². The number of ether oxygens (including phenoxy) is 2. The van der Waals surface area contributed by atoms with Crippen LogP contribution in [0.2, 0.25) is 0 Å². The van der Waals surface area contributed by atoms with E-state index in [2.05, 4.69) is 47.8 Å². The molecule has 0 radical (unpaired) electrons. The third-order valence-corrected chi connectivity index (χ3v) is 6.03. The molecule has 13 heteroatoms. The van der Waals surface area contributed by atoms with Crippen LogP contribution in [0.1, 0.15) is 20.7 Å². The van der Waals surface area contributed by atoms with Crippen LogP contribution in [-0.4, -0.2) is 21.8 Å².